The second kappa shape index (κ2) is 3.71. The van der Waals surface area contributed by atoms with Crippen molar-refractivity contribution >= 4 is 18.4 Å². The van der Waals surface area contributed by atoms with Crippen molar-refractivity contribution in [2.24, 2.45) is 0 Å². The van der Waals surface area contributed by atoms with Gasteiger partial charge in [0.25, 0.3) is 0 Å². The number of hydrogen-bond acceptors (Lipinski definition) is 3. The Balaban J connectivity index is 2.63. The Morgan fingerprint density at radius 2 is 2.17 bits per heavy atom. The number of rotatable bonds is 2. The third-order valence-electron chi connectivity index (χ3n) is 0.245. The lowest BCUT2D eigenvalue weighted by Gasteiger charge is -1.95. The maximum Gasteiger partial charge on any atom is 0.315 e. The molecule has 0 aromatic carbocycles. The molecule has 0 atom stereocenters. The maximum atomic E-state index is 7.99. The van der Waals surface area contributed by atoms with Gasteiger partial charge in [-0.05, 0) is 0 Å². The van der Waals surface area contributed by atoms with Gasteiger partial charge >= 0.3 is 8.60 Å². The Hall–Kier alpha value is 0.527. The SMILES string of the molecule is C[SiH2]OP(O)O. The predicted molar refractivity (Wildman–Crippen MR) is 26.9 cm³/mol. The summed E-state index contributed by atoms with van der Waals surface area (Å²) in [6.07, 6.45) is 0. The highest BCUT2D eigenvalue weighted by Crippen LogP contribution is 2.22. The fraction of sp³-hybridized carbons (Fsp3) is 1.00. The Kier molecular flexibility index (Phi) is 4.03. The Labute approximate surface area is 39.9 Å². The van der Waals surface area contributed by atoms with Crippen LogP contribution < -0.4 is 0 Å². The average Bonchev–Trinajstić information content (AvgIpc) is 1.35. The maximum absolute atomic E-state index is 7.99. The standard InChI is InChI=1S/CH7O3PSi/c1-6-4-5(2)3/h2-3H,6H2,1H3. The quantitative estimate of drug-likeness (QED) is 0.381. The van der Waals surface area contributed by atoms with E-state index in [0.717, 1.165) is 0 Å². The van der Waals surface area contributed by atoms with Gasteiger partial charge in [-0.1, -0.05) is 6.55 Å². The molecule has 0 aromatic rings. The van der Waals surface area contributed by atoms with Crippen molar-refractivity contribution in [3.63, 3.8) is 0 Å². The molecule has 0 radical (unpaired) electrons. The zero-order valence-electron chi connectivity index (χ0n) is 3.46. The van der Waals surface area contributed by atoms with Crippen molar-refractivity contribution in [1.29, 1.82) is 0 Å². The van der Waals surface area contributed by atoms with Crippen LogP contribution in [0.3, 0.4) is 0 Å². The van der Waals surface area contributed by atoms with Gasteiger partial charge in [0.15, 0.2) is 9.76 Å². The lowest BCUT2D eigenvalue weighted by atomic mass is 11.9. The molecule has 5 heteroatoms. The van der Waals surface area contributed by atoms with E-state index in [0.29, 0.717) is 0 Å². The molecular formula is CH7O3PSi. The van der Waals surface area contributed by atoms with Crippen LogP contribution in [-0.4, -0.2) is 19.5 Å². The molecular weight excluding hydrogens is 119 g/mol. The van der Waals surface area contributed by atoms with E-state index in [1.54, 1.807) is 0 Å². The van der Waals surface area contributed by atoms with Crippen LogP contribution in [0, 0.1) is 0 Å². The Bertz CT molecular complexity index is 32.0. The summed E-state index contributed by atoms with van der Waals surface area (Å²) in [5.41, 5.74) is 0. The highest BCUT2D eigenvalue weighted by molar-refractivity contribution is 7.40. The molecule has 0 heterocycles. The minimum Gasteiger partial charge on any atom is -0.362 e. The lowest BCUT2D eigenvalue weighted by Crippen LogP contribution is -1.83. The van der Waals surface area contributed by atoms with E-state index in [2.05, 4.69) is 4.21 Å². The van der Waals surface area contributed by atoms with E-state index in [-0.39, 0.29) is 0 Å². The largest absolute Gasteiger partial charge is 0.362 e. The summed E-state index contributed by atoms with van der Waals surface area (Å²) in [4.78, 5) is 16.0. The fourth-order valence-electron chi connectivity index (χ4n) is 0.115. The van der Waals surface area contributed by atoms with Gasteiger partial charge in [0.2, 0.25) is 0 Å². The summed E-state index contributed by atoms with van der Waals surface area (Å²) in [6.45, 7) is 1.84. The zero-order valence-corrected chi connectivity index (χ0v) is 5.77. The molecule has 0 saturated carbocycles. The minimum atomic E-state index is -2.04. The van der Waals surface area contributed by atoms with Crippen LogP contribution in [0.2, 0.25) is 6.55 Å². The van der Waals surface area contributed by atoms with Crippen LogP contribution in [0.25, 0.3) is 0 Å². The van der Waals surface area contributed by atoms with Gasteiger partial charge in [-0.3, -0.25) is 0 Å². The monoisotopic (exact) mass is 126 g/mol. The molecule has 0 amide bonds. The van der Waals surface area contributed by atoms with Crippen LogP contribution in [0.1, 0.15) is 0 Å². The summed E-state index contributed by atoms with van der Waals surface area (Å²) < 4.78 is 4.36. The summed E-state index contributed by atoms with van der Waals surface area (Å²) >= 11 is 0. The van der Waals surface area contributed by atoms with Crippen molar-refractivity contribution in [3.05, 3.63) is 0 Å². The third-order valence-corrected chi connectivity index (χ3v) is 2.20. The molecule has 0 aliphatic heterocycles. The minimum absolute atomic E-state index is 0.605. The van der Waals surface area contributed by atoms with E-state index in [1.165, 1.54) is 0 Å². The van der Waals surface area contributed by atoms with Crippen molar-refractivity contribution in [1.82, 2.24) is 0 Å². The van der Waals surface area contributed by atoms with Crippen molar-refractivity contribution in [3.8, 4) is 0 Å². The summed E-state index contributed by atoms with van der Waals surface area (Å²) in [5, 5.41) is 0. The van der Waals surface area contributed by atoms with Gasteiger partial charge in [0.05, 0.1) is 0 Å². The molecule has 0 unspecified atom stereocenters. The van der Waals surface area contributed by atoms with Gasteiger partial charge in [-0.2, -0.15) is 0 Å². The molecule has 0 rings (SSSR count). The molecule has 0 spiro atoms. The normalized spacial score (nSPS) is 12.0. The van der Waals surface area contributed by atoms with Crippen molar-refractivity contribution in [2.75, 3.05) is 0 Å². The molecule has 38 valence electrons. The Morgan fingerprint density at radius 3 is 2.17 bits per heavy atom. The topological polar surface area (TPSA) is 49.7 Å². The number of hydrogen-bond donors (Lipinski definition) is 2. The first-order valence-electron chi connectivity index (χ1n) is 1.58. The van der Waals surface area contributed by atoms with Crippen LogP contribution in [0.5, 0.6) is 0 Å². The van der Waals surface area contributed by atoms with Crippen LogP contribution >= 0.6 is 8.60 Å². The summed E-state index contributed by atoms with van der Waals surface area (Å²) in [6, 6.07) is 0. The molecule has 3 nitrogen and oxygen atoms in total. The molecule has 0 bridgehead atoms. The molecule has 0 aliphatic carbocycles. The Morgan fingerprint density at radius 1 is 1.67 bits per heavy atom. The van der Waals surface area contributed by atoms with E-state index in [9.17, 15) is 0 Å². The van der Waals surface area contributed by atoms with E-state index in [1.807, 2.05) is 6.55 Å². The predicted octanol–water partition coefficient (Wildman–Crippen LogP) is -0.654. The van der Waals surface area contributed by atoms with Crippen molar-refractivity contribution in [2.45, 2.75) is 6.55 Å². The molecule has 2 N–H and O–H groups in total. The smallest absolute Gasteiger partial charge is 0.315 e. The van der Waals surface area contributed by atoms with Gasteiger partial charge in [0.1, 0.15) is 0 Å². The molecule has 0 aromatic heterocycles. The van der Waals surface area contributed by atoms with Crippen LogP contribution in [0.4, 0.5) is 0 Å². The first-order chi connectivity index (χ1) is 2.77. The average molecular weight is 126 g/mol. The van der Waals surface area contributed by atoms with Crippen molar-refractivity contribution < 1.29 is 14.0 Å². The van der Waals surface area contributed by atoms with Gasteiger partial charge in [0, 0.05) is 0 Å². The molecule has 0 saturated heterocycles. The highest BCUT2D eigenvalue weighted by atomic mass is 31.2. The zero-order chi connectivity index (χ0) is 4.99. The fourth-order valence-corrected chi connectivity index (χ4v) is 1.04. The van der Waals surface area contributed by atoms with Crippen LogP contribution in [0.15, 0.2) is 0 Å². The van der Waals surface area contributed by atoms with Gasteiger partial charge < -0.3 is 14.0 Å². The second-order valence-electron chi connectivity index (χ2n) is 0.671. The van der Waals surface area contributed by atoms with Gasteiger partial charge in [-0.25, -0.2) is 0 Å². The van der Waals surface area contributed by atoms with E-state index >= 15 is 0 Å². The van der Waals surface area contributed by atoms with E-state index < -0.39 is 18.4 Å². The first kappa shape index (κ1) is 6.53. The summed E-state index contributed by atoms with van der Waals surface area (Å²) in [7, 11) is -2.64. The summed E-state index contributed by atoms with van der Waals surface area (Å²) in [5.74, 6) is 0. The third kappa shape index (κ3) is 4.53. The van der Waals surface area contributed by atoms with Gasteiger partial charge in [-0.15, -0.1) is 0 Å². The molecule has 0 aliphatic rings. The first-order valence-corrected chi connectivity index (χ1v) is 4.74. The molecule has 6 heavy (non-hydrogen) atoms. The van der Waals surface area contributed by atoms with Crippen LogP contribution in [-0.2, 0) is 4.21 Å². The van der Waals surface area contributed by atoms with E-state index in [4.69, 9.17) is 9.79 Å². The highest BCUT2D eigenvalue weighted by Gasteiger charge is 1.91. The lowest BCUT2D eigenvalue weighted by molar-refractivity contribution is 0.385. The second-order valence-corrected chi connectivity index (χ2v) is 2.79. The molecule has 0 fully saturated rings.